The number of nitrogens with zero attached hydrogens (tertiary/aromatic N) is 1. The van der Waals surface area contributed by atoms with Crippen LogP contribution in [0.25, 0.3) is 0 Å². The lowest BCUT2D eigenvalue weighted by molar-refractivity contribution is -0.120. The zero-order valence-electron chi connectivity index (χ0n) is 12.4. The minimum atomic E-state index is 0.0147. The van der Waals surface area contributed by atoms with E-state index in [0.29, 0.717) is 0 Å². The Balaban J connectivity index is 1.69. The normalized spacial score (nSPS) is 13.1. The summed E-state index contributed by atoms with van der Waals surface area (Å²) < 4.78 is 5.72. The number of carbonyl (C=O) groups is 1. The molecule has 0 radical (unpaired) electrons. The van der Waals surface area contributed by atoms with Gasteiger partial charge in [-0.15, -0.1) is 0 Å². The Hall–Kier alpha value is -2.29. The third-order valence-electron chi connectivity index (χ3n) is 4.09. The fourth-order valence-corrected chi connectivity index (χ4v) is 2.70. The van der Waals surface area contributed by atoms with Crippen molar-refractivity contribution >= 4 is 11.6 Å². The summed E-state index contributed by atoms with van der Waals surface area (Å²) in [5, 5.41) is 0. The summed E-state index contributed by atoms with van der Waals surface area (Å²) in [4.78, 5) is 14.2. The number of aryl methyl sites for hydroxylation is 1. The molecule has 21 heavy (non-hydrogen) atoms. The first-order valence-electron chi connectivity index (χ1n) is 7.24. The zero-order chi connectivity index (χ0) is 14.8. The van der Waals surface area contributed by atoms with Gasteiger partial charge in [0.05, 0.1) is 0 Å². The van der Waals surface area contributed by atoms with Crippen LogP contribution in [-0.2, 0) is 11.2 Å². The Labute approximate surface area is 125 Å². The van der Waals surface area contributed by atoms with Crippen LogP contribution in [0.4, 0.5) is 5.69 Å². The molecule has 0 saturated heterocycles. The summed E-state index contributed by atoms with van der Waals surface area (Å²) in [6.07, 6.45) is 0.922. The number of ether oxygens (including phenoxy) is 1. The topological polar surface area (TPSA) is 29.5 Å². The second-order valence-corrected chi connectivity index (χ2v) is 5.41. The lowest BCUT2D eigenvalue weighted by atomic mass is 10.1. The van der Waals surface area contributed by atoms with E-state index in [4.69, 9.17) is 4.74 Å². The van der Waals surface area contributed by atoms with Gasteiger partial charge in [0.2, 0.25) is 0 Å². The monoisotopic (exact) mass is 281 g/mol. The minimum Gasteiger partial charge on any atom is -0.483 e. The molecule has 0 aliphatic carbocycles. The molecule has 3 nitrogen and oxygen atoms in total. The van der Waals surface area contributed by atoms with Crippen LogP contribution in [0, 0.1) is 13.8 Å². The van der Waals surface area contributed by atoms with Crippen molar-refractivity contribution in [3.63, 3.8) is 0 Å². The summed E-state index contributed by atoms with van der Waals surface area (Å²) in [5.41, 5.74) is 4.52. The molecule has 1 amide bonds. The molecule has 0 bridgehead atoms. The summed E-state index contributed by atoms with van der Waals surface area (Å²) in [6.45, 7) is 4.88. The molecule has 1 aliphatic heterocycles. The SMILES string of the molecule is Cc1cccc(OCC(=O)N2CCc3ccccc32)c1C. The summed E-state index contributed by atoms with van der Waals surface area (Å²) in [7, 11) is 0. The van der Waals surface area contributed by atoms with Crippen LogP contribution in [0.15, 0.2) is 42.5 Å². The molecule has 0 spiro atoms. The van der Waals surface area contributed by atoms with Crippen LogP contribution in [0.2, 0.25) is 0 Å². The molecule has 1 heterocycles. The van der Waals surface area contributed by atoms with E-state index in [9.17, 15) is 4.79 Å². The number of anilines is 1. The van der Waals surface area contributed by atoms with Crippen molar-refractivity contribution in [2.24, 2.45) is 0 Å². The average Bonchev–Trinajstić information content (AvgIpc) is 2.92. The van der Waals surface area contributed by atoms with E-state index in [1.807, 2.05) is 55.1 Å². The zero-order valence-corrected chi connectivity index (χ0v) is 12.4. The molecule has 2 aromatic carbocycles. The average molecular weight is 281 g/mol. The Morgan fingerprint density at radius 1 is 1.14 bits per heavy atom. The maximum atomic E-state index is 12.4. The molecular weight excluding hydrogens is 262 g/mol. The molecule has 3 rings (SSSR count). The highest BCUT2D eigenvalue weighted by atomic mass is 16.5. The van der Waals surface area contributed by atoms with Crippen LogP contribution < -0.4 is 9.64 Å². The summed E-state index contributed by atoms with van der Waals surface area (Å²) in [5.74, 6) is 0.802. The van der Waals surface area contributed by atoms with Crippen LogP contribution in [0.3, 0.4) is 0 Å². The van der Waals surface area contributed by atoms with E-state index in [-0.39, 0.29) is 12.5 Å². The van der Waals surface area contributed by atoms with Crippen molar-refractivity contribution in [1.82, 2.24) is 0 Å². The maximum Gasteiger partial charge on any atom is 0.264 e. The third kappa shape index (κ3) is 2.64. The molecular formula is C18H19NO2. The molecule has 0 aromatic heterocycles. The first-order chi connectivity index (χ1) is 10.2. The first-order valence-corrected chi connectivity index (χ1v) is 7.24. The number of benzene rings is 2. The lowest BCUT2D eigenvalue weighted by Crippen LogP contribution is -2.33. The van der Waals surface area contributed by atoms with Gasteiger partial charge < -0.3 is 9.64 Å². The predicted molar refractivity (Wildman–Crippen MR) is 83.9 cm³/mol. The Morgan fingerprint density at radius 2 is 1.95 bits per heavy atom. The van der Waals surface area contributed by atoms with Gasteiger partial charge in [-0.05, 0) is 49.1 Å². The highest BCUT2D eigenvalue weighted by molar-refractivity contribution is 5.96. The van der Waals surface area contributed by atoms with Gasteiger partial charge in [0, 0.05) is 12.2 Å². The Morgan fingerprint density at radius 3 is 2.81 bits per heavy atom. The van der Waals surface area contributed by atoms with E-state index in [0.717, 1.165) is 30.0 Å². The molecule has 0 fully saturated rings. The van der Waals surface area contributed by atoms with Crippen molar-refractivity contribution < 1.29 is 9.53 Å². The molecule has 0 unspecified atom stereocenters. The number of amides is 1. The minimum absolute atomic E-state index is 0.0147. The van der Waals surface area contributed by atoms with E-state index in [2.05, 4.69) is 6.07 Å². The molecule has 0 atom stereocenters. The van der Waals surface area contributed by atoms with Gasteiger partial charge in [-0.1, -0.05) is 30.3 Å². The fraction of sp³-hybridized carbons (Fsp3) is 0.278. The van der Waals surface area contributed by atoms with E-state index in [1.54, 1.807) is 0 Å². The number of para-hydroxylation sites is 1. The fourth-order valence-electron chi connectivity index (χ4n) is 2.70. The summed E-state index contributed by atoms with van der Waals surface area (Å²) in [6, 6.07) is 14.0. The quantitative estimate of drug-likeness (QED) is 0.864. The molecule has 1 aliphatic rings. The smallest absolute Gasteiger partial charge is 0.264 e. The molecule has 2 aromatic rings. The number of hydrogen-bond donors (Lipinski definition) is 0. The van der Waals surface area contributed by atoms with Crippen molar-refractivity contribution in [2.75, 3.05) is 18.1 Å². The molecule has 0 saturated carbocycles. The van der Waals surface area contributed by atoms with Gasteiger partial charge in [0.1, 0.15) is 5.75 Å². The van der Waals surface area contributed by atoms with Gasteiger partial charge in [-0.3, -0.25) is 4.79 Å². The van der Waals surface area contributed by atoms with E-state index >= 15 is 0 Å². The molecule has 0 N–H and O–H groups in total. The van der Waals surface area contributed by atoms with Crippen molar-refractivity contribution in [3.05, 3.63) is 59.2 Å². The summed E-state index contributed by atoms with van der Waals surface area (Å²) >= 11 is 0. The number of carbonyl (C=O) groups excluding carboxylic acids is 1. The predicted octanol–water partition coefficient (Wildman–Crippen LogP) is 3.27. The number of fused-ring (bicyclic) bond motifs is 1. The van der Waals surface area contributed by atoms with Gasteiger partial charge in [0.15, 0.2) is 6.61 Å². The van der Waals surface area contributed by atoms with Crippen LogP contribution in [0.1, 0.15) is 16.7 Å². The molecule has 3 heteroatoms. The van der Waals surface area contributed by atoms with Gasteiger partial charge in [-0.25, -0.2) is 0 Å². The van der Waals surface area contributed by atoms with Gasteiger partial charge >= 0.3 is 0 Å². The number of hydrogen-bond acceptors (Lipinski definition) is 2. The van der Waals surface area contributed by atoms with E-state index < -0.39 is 0 Å². The second kappa shape index (κ2) is 5.60. The van der Waals surface area contributed by atoms with Crippen LogP contribution >= 0.6 is 0 Å². The third-order valence-corrected chi connectivity index (χ3v) is 4.09. The standard InChI is InChI=1S/C18H19NO2/c1-13-6-5-9-17(14(13)2)21-12-18(20)19-11-10-15-7-3-4-8-16(15)19/h3-9H,10-12H2,1-2H3. The highest BCUT2D eigenvalue weighted by Gasteiger charge is 2.24. The maximum absolute atomic E-state index is 12.4. The van der Waals surface area contributed by atoms with E-state index in [1.165, 1.54) is 11.1 Å². The van der Waals surface area contributed by atoms with Gasteiger partial charge in [-0.2, -0.15) is 0 Å². The number of rotatable bonds is 3. The Kier molecular flexibility index (Phi) is 3.65. The van der Waals surface area contributed by atoms with Crippen LogP contribution in [-0.4, -0.2) is 19.1 Å². The molecule has 108 valence electrons. The second-order valence-electron chi connectivity index (χ2n) is 5.41. The first kappa shape index (κ1) is 13.7. The largest absolute Gasteiger partial charge is 0.483 e. The highest BCUT2D eigenvalue weighted by Crippen LogP contribution is 2.27. The van der Waals surface area contributed by atoms with Gasteiger partial charge in [0.25, 0.3) is 5.91 Å². The lowest BCUT2D eigenvalue weighted by Gasteiger charge is -2.18. The van der Waals surface area contributed by atoms with Crippen molar-refractivity contribution in [3.8, 4) is 5.75 Å². The Bertz CT molecular complexity index is 679. The van der Waals surface area contributed by atoms with Crippen molar-refractivity contribution in [1.29, 1.82) is 0 Å². The van der Waals surface area contributed by atoms with Crippen molar-refractivity contribution in [2.45, 2.75) is 20.3 Å². The van der Waals surface area contributed by atoms with Crippen LogP contribution in [0.5, 0.6) is 5.75 Å².